The summed E-state index contributed by atoms with van der Waals surface area (Å²) in [5, 5.41) is 8.73. The fourth-order valence-corrected chi connectivity index (χ4v) is 1.63. The lowest BCUT2D eigenvalue weighted by Gasteiger charge is -2.18. The van der Waals surface area contributed by atoms with Crippen molar-refractivity contribution < 1.29 is 24.2 Å². The van der Waals surface area contributed by atoms with Crippen molar-refractivity contribution in [2.75, 3.05) is 26.8 Å². The minimum Gasteiger partial charge on any atom is -0.493 e. The van der Waals surface area contributed by atoms with Crippen molar-refractivity contribution in [1.82, 2.24) is 4.90 Å². The Bertz CT molecular complexity index is 562. The van der Waals surface area contributed by atoms with Crippen molar-refractivity contribution in [3.05, 3.63) is 23.8 Å². The molecule has 0 saturated carbocycles. The molecular formula is C15H17NO5. The summed E-state index contributed by atoms with van der Waals surface area (Å²) in [5.74, 6) is 1.52. The second-order valence-electron chi connectivity index (χ2n) is 4.29. The zero-order valence-electron chi connectivity index (χ0n) is 12.0. The van der Waals surface area contributed by atoms with Gasteiger partial charge in [-0.05, 0) is 24.6 Å². The molecule has 0 atom stereocenters. The summed E-state index contributed by atoms with van der Waals surface area (Å²) in [6.07, 6.45) is 5.11. The van der Waals surface area contributed by atoms with Crippen LogP contribution < -0.4 is 9.47 Å². The number of nitrogens with zero attached hydrogens (tertiary/aromatic N) is 1. The first kappa shape index (κ1) is 16.4. The molecule has 0 bridgehead atoms. The highest BCUT2D eigenvalue weighted by atomic mass is 16.5. The standard InChI is InChI=1S/C15H17NO5/c1-4-7-16(9-15(18)19)14(17)10-21-12-6-5-11(2)8-13(12)20-3/h1,5-6,8H,7,9-10H2,2-3H3,(H,18,19). The Morgan fingerprint density at radius 3 is 2.67 bits per heavy atom. The molecular weight excluding hydrogens is 274 g/mol. The van der Waals surface area contributed by atoms with Gasteiger partial charge in [-0.1, -0.05) is 12.0 Å². The highest BCUT2D eigenvalue weighted by Gasteiger charge is 2.17. The van der Waals surface area contributed by atoms with Crippen LogP contribution in [0.2, 0.25) is 0 Å². The number of carboxylic acid groups (broad SMARTS) is 1. The van der Waals surface area contributed by atoms with E-state index in [2.05, 4.69) is 5.92 Å². The van der Waals surface area contributed by atoms with Gasteiger partial charge in [0.05, 0.1) is 13.7 Å². The number of carboxylic acids is 1. The maximum Gasteiger partial charge on any atom is 0.323 e. The minimum atomic E-state index is -1.13. The number of terminal acetylenes is 1. The molecule has 6 nitrogen and oxygen atoms in total. The quantitative estimate of drug-likeness (QED) is 0.756. The molecule has 0 aliphatic heterocycles. The number of ether oxygens (including phenoxy) is 2. The Kier molecular flexibility index (Phi) is 6.08. The van der Waals surface area contributed by atoms with Crippen LogP contribution >= 0.6 is 0 Å². The Labute approximate surface area is 123 Å². The topological polar surface area (TPSA) is 76.1 Å². The van der Waals surface area contributed by atoms with Crippen molar-refractivity contribution in [1.29, 1.82) is 0 Å². The van der Waals surface area contributed by atoms with Gasteiger partial charge in [-0.25, -0.2) is 0 Å². The van der Waals surface area contributed by atoms with E-state index in [0.717, 1.165) is 10.5 Å². The lowest BCUT2D eigenvalue weighted by Crippen LogP contribution is -2.39. The van der Waals surface area contributed by atoms with Gasteiger partial charge in [0.15, 0.2) is 18.1 Å². The van der Waals surface area contributed by atoms with E-state index in [1.165, 1.54) is 7.11 Å². The van der Waals surface area contributed by atoms with Crippen LogP contribution in [-0.2, 0) is 9.59 Å². The van der Waals surface area contributed by atoms with Gasteiger partial charge in [0.25, 0.3) is 5.91 Å². The average molecular weight is 291 g/mol. The number of aryl methyl sites for hydroxylation is 1. The van der Waals surface area contributed by atoms with Crippen molar-refractivity contribution in [2.24, 2.45) is 0 Å². The summed E-state index contributed by atoms with van der Waals surface area (Å²) >= 11 is 0. The van der Waals surface area contributed by atoms with E-state index in [9.17, 15) is 9.59 Å². The Balaban J connectivity index is 2.71. The summed E-state index contributed by atoms with van der Waals surface area (Å²) < 4.78 is 10.5. The third kappa shape index (κ3) is 5.07. The molecule has 0 heterocycles. The predicted molar refractivity (Wildman–Crippen MR) is 76.3 cm³/mol. The fraction of sp³-hybridized carbons (Fsp3) is 0.333. The Hall–Kier alpha value is -2.68. The van der Waals surface area contributed by atoms with Gasteiger partial charge < -0.3 is 19.5 Å². The van der Waals surface area contributed by atoms with Gasteiger partial charge >= 0.3 is 5.97 Å². The molecule has 21 heavy (non-hydrogen) atoms. The van der Waals surface area contributed by atoms with Crippen LogP contribution in [0.1, 0.15) is 5.56 Å². The molecule has 1 amide bonds. The number of aliphatic carboxylic acids is 1. The van der Waals surface area contributed by atoms with E-state index >= 15 is 0 Å². The SMILES string of the molecule is C#CCN(CC(=O)O)C(=O)COc1ccc(C)cc1OC. The van der Waals surface area contributed by atoms with Crippen LogP contribution in [0.3, 0.4) is 0 Å². The van der Waals surface area contributed by atoms with E-state index in [0.29, 0.717) is 11.5 Å². The van der Waals surface area contributed by atoms with Gasteiger partial charge in [-0.2, -0.15) is 0 Å². The number of carbonyl (C=O) groups excluding carboxylic acids is 1. The number of hydrogen-bond donors (Lipinski definition) is 1. The van der Waals surface area contributed by atoms with E-state index in [4.69, 9.17) is 21.0 Å². The first-order chi connectivity index (χ1) is 9.97. The first-order valence-corrected chi connectivity index (χ1v) is 6.18. The molecule has 0 spiro atoms. The lowest BCUT2D eigenvalue weighted by atomic mass is 10.2. The molecule has 1 aromatic carbocycles. The lowest BCUT2D eigenvalue weighted by molar-refractivity contribution is -0.144. The maximum atomic E-state index is 11.9. The second kappa shape index (κ2) is 7.80. The zero-order chi connectivity index (χ0) is 15.8. The highest BCUT2D eigenvalue weighted by molar-refractivity contribution is 5.82. The van der Waals surface area contributed by atoms with Crippen molar-refractivity contribution in [2.45, 2.75) is 6.92 Å². The molecule has 0 fully saturated rings. The fourth-order valence-electron chi connectivity index (χ4n) is 1.63. The largest absolute Gasteiger partial charge is 0.493 e. The molecule has 0 aromatic heterocycles. The third-order valence-corrected chi connectivity index (χ3v) is 2.63. The van der Waals surface area contributed by atoms with E-state index < -0.39 is 18.4 Å². The number of carbonyl (C=O) groups is 2. The summed E-state index contributed by atoms with van der Waals surface area (Å²) in [4.78, 5) is 23.6. The van der Waals surface area contributed by atoms with Gasteiger partial charge in [-0.15, -0.1) is 6.42 Å². The van der Waals surface area contributed by atoms with Gasteiger partial charge in [0.2, 0.25) is 0 Å². The van der Waals surface area contributed by atoms with Gasteiger partial charge in [-0.3, -0.25) is 9.59 Å². The predicted octanol–water partition coefficient (Wildman–Crippen LogP) is 0.929. The van der Waals surface area contributed by atoms with Crippen LogP contribution in [0.4, 0.5) is 0 Å². The summed E-state index contributed by atoms with van der Waals surface area (Å²) in [7, 11) is 1.50. The molecule has 6 heteroatoms. The van der Waals surface area contributed by atoms with Crippen molar-refractivity contribution in [3.63, 3.8) is 0 Å². The average Bonchev–Trinajstić information content (AvgIpc) is 2.44. The minimum absolute atomic E-state index is 0.0838. The van der Waals surface area contributed by atoms with E-state index in [-0.39, 0.29) is 13.2 Å². The zero-order valence-corrected chi connectivity index (χ0v) is 12.0. The molecule has 112 valence electrons. The molecule has 1 rings (SSSR count). The summed E-state index contributed by atoms with van der Waals surface area (Å²) in [5.41, 5.74) is 0.991. The smallest absolute Gasteiger partial charge is 0.323 e. The summed E-state index contributed by atoms with van der Waals surface area (Å²) in [6.45, 7) is 1.05. The number of amides is 1. The number of hydrogen-bond acceptors (Lipinski definition) is 4. The van der Waals surface area contributed by atoms with Gasteiger partial charge in [0.1, 0.15) is 6.54 Å². The molecule has 1 aromatic rings. The number of benzene rings is 1. The van der Waals surface area contributed by atoms with Crippen LogP contribution in [0.5, 0.6) is 11.5 Å². The maximum absolute atomic E-state index is 11.9. The van der Waals surface area contributed by atoms with Crippen LogP contribution in [0.15, 0.2) is 18.2 Å². The van der Waals surface area contributed by atoms with Crippen molar-refractivity contribution in [3.8, 4) is 23.8 Å². The molecule has 0 aliphatic carbocycles. The molecule has 0 aliphatic rings. The molecule has 1 N–H and O–H groups in total. The Morgan fingerprint density at radius 1 is 1.38 bits per heavy atom. The van der Waals surface area contributed by atoms with Crippen LogP contribution in [0.25, 0.3) is 0 Å². The second-order valence-corrected chi connectivity index (χ2v) is 4.29. The van der Waals surface area contributed by atoms with Gasteiger partial charge in [0, 0.05) is 0 Å². The highest BCUT2D eigenvalue weighted by Crippen LogP contribution is 2.27. The first-order valence-electron chi connectivity index (χ1n) is 6.18. The monoisotopic (exact) mass is 291 g/mol. The van der Waals surface area contributed by atoms with Crippen LogP contribution in [-0.4, -0.2) is 48.7 Å². The van der Waals surface area contributed by atoms with Crippen LogP contribution in [0, 0.1) is 19.3 Å². The molecule has 0 radical (unpaired) electrons. The number of methoxy groups -OCH3 is 1. The van der Waals surface area contributed by atoms with Crippen molar-refractivity contribution >= 4 is 11.9 Å². The van der Waals surface area contributed by atoms with E-state index in [1.54, 1.807) is 12.1 Å². The number of rotatable bonds is 7. The van der Waals surface area contributed by atoms with E-state index in [1.807, 2.05) is 13.0 Å². The molecule has 0 unspecified atom stereocenters. The summed E-state index contributed by atoms with van der Waals surface area (Å²) in [6, 6.07) is 5.28. The molecule has 0 saturated heterocycles. The Morgan fingerprint density at radius 2 is 2.10 bits per heavy atom. The normalized spacial score (nSPS) is 9.57. The third-order valence-electron chi connectivity index (χ3n) is 2.63.